The van der Waals surface area contributed by atoms with Crippen LogP contribution in [-0.4, -0.2) is 6.54 Å². The summed E-state index contributed by atoms with van der Waals surface area (Å²) in [6.07, 6.45) is 1.55. The van der Waals surface area contributed by atoms with Gasteiger partial charge in [-0.05, 0) is 56.1 Å². The van der Waals surface area contributed by atoms with Gasteiger partial charge in [0, 0.05) is 5.02 Å². The summed E-state index contributed by atoms with van der Waals surface area (Å²) in [4.78, 5) is 0. The Hall–Kier alpha value is -1.32. The Kier molecular flexibility index (Phi) is 5.21. The molecule has 4 heteroatoms. The quantitative estimate of drug-likeness (QED) is 0.838. The van der Waals surface area contributed by atoms with Crippen molar-refractivity contribution in [2.75, 3.05) is 6.54 Å². The summed E-state index contributed by atoms with van der Waals surface area (Å²) < 4.78 is 19.6. The number of furan rings is 1. The van der Waals surface area contributed by atoms with Gasteiger partial charge in [-0.15, -0.1) is 0 Å². The minimum Gasteiger partial charge on any atom is -0.465 e. The van der Waals surface area contributed by atoms with E-state index in [-0.39, 0.29) is 11.9 Å². The highest BCUT2D eigenvalue weighted by atomic mass is 35.5. The molecule has 0 bridgehead atoms. The number of aryl methyl sites for hydroxylation is 1. The third kappa shape index (κ3) is 3.84. The molecule has 0 aliphatic carbocycles. The van der Waals surface area contributed by atoms with Crippen molar-refractivity contribution < 1.29 is 8.81 Å². The summed E-state index contributed by atoms with van der Waals surface area (Å²) in [7, 11) is 0. The molecule has 0 aliphatic heterocycles. The van der Waals surface area contributed by atoms with Crippen molar-refractivity contribution in [1.29, 1.82) is 0 Å². The van der Waals surface area contributed by atoms with Gasteiger partial charge in [0.25, 0.3) is 0 Å². The lowest BCUT2D eigenvalue weighted by atomic mass is 10.0. The van der Waals surface area contributed by atoms with Crippen LogP contribution in [0.25, 0.3) is 0 Å². The molecule has 1 N–H and O–H groups in total. The molecule has 1 aromatic carbocycles. The van der Waals surface area contributed by atoms with E-state index in [0.717, 1.165) is 24.5 Å². The Bertz CT molecular complexity index is 567. The molecule has 1 aromatic heterocycles. The van der Waals surface area contributed by atoms with Gasteiger partial charge in [0.2, 0.25) is 0 Å². The number of rotatable bonds is 6. The zero-order valence-corrected chi connectivity index (χ0v) is 12.5. The minimum atomic E-state index is -0.274. The number of hydrogen-bond donors (Lipinski definition) is 1. The van der Waals surface area contributed by atoms with Crippen LogP contribution in [0.3, 0.4) is 0 Å². The van der Waals surface area contributed by atoms with Crippen LogP contribution in [-0.2, 0) is 6.42 Å². The van der Waals surface area contributed by atoms with Gasteiger partial charge in [0.15, 0.2) is 0 Å². The summed E-state index contributed by atoms with van der Waals surface area (Å²) in [5.41, 5.74) is 0.636. The predicted molar refractivity (Wildman–Crippen MR) is 79.6 cm³/mol. The average Bonchev–Trinajstić information content (AvgIpc) is 2.83. The first-order valence-corrected chi connectivity index (χ1v) is 7.21. The second-order valence-electron chi connectivity index (χ2n) is 4.89. The third-order valence-electron chi connectivity index (χ3n) is 3.18. The Morgan fingerprint density at radius 2 is 2.10 bits per heavy atom. The van der Waals surface area contributed by atoms with Crippen molar-refractivity contribution in [3.05, 3.63) is 58.3 Å². The lowest BCUT2D eigenvalue weighted by Gasteiger charge is -2.17. The molecule has 20 heavy (non-hydrogen) atoms. The molecule has 1 atom stereocenters. The number of nitrogens with one attached hydrogen (secondary N) is 1. The van der Waals surface area contributed by atoms with Gasteiger partial charge in [-0.2, -0.15) is 0 Å². The lowest BCUT2D eigenvalue weighted by Crippen LogP contribution is -2.24. The van der Waals surface area contributed by atoms with Crippen LogP contribution >= 0.6 is 11.6 Å². The molecule has 0 aliphatic rings. The molecule has 2 aromatic rings. The second kappa shape index (κ2) is 6.91. The van der Waals surface area contributed by atoms with E-state index in [1.807, 2.05) is 19.1 Å². The van der Waals surface area contributed by atoms with E-state index in [9.17, 15) is 4.39 Å². The summed E-state index contributed by atoms with van der Waals surface area (Å²) in [6.45, 7) is 4.86. The summed E-state index contributed by atoms with van der Waals surface area (Å²) in [5, 5.41) is 3.81. The van der Waals surface area contributed by atoms with Crippen LogP contribution in [0.15, 0.2) is 34.7 Å². The van der Waals surface area contributed by atoms with Gasteiger partial charge in [0.1, 0.15) is 17.3 Å². The van der Waals surface area contributed by atoms with Crippen LogP contribution in [0.2, 0.25) is 5.02 Å². The molecule has 1 heterocycles. The van der Waals surface area contributed by atoms with E-state index >= 15 is 0 Å². The highest BCUT2D eigenvalue weighted by Crippen LogP contribution is 2.23. The van der Waals surface area contributed by atoms with Gasteiger partial charge < -0.3 is 9.73 Å². The van der Waals surface area contributed by atoms with Gasteiger partial charge >= 0.3 is 0 Å². The van der Waals surface area contributed by atoms with E-state index in [4.69, 9.17) is 16.0 Å². The fourth-order valence-electron chi connectivity index (χ4n) is 2.14. The van der Waals surface area contributed by atoms with E-state index in [2.05, 4.69) is 12.2 Å². The largest absolute Gasteiger partial charge is 0.465 e. The van der Waals surface area contributed by atoms with E-state index in [1.54, 1.807) is 12.1 Å². The highest BCUT2D eigenvalue weighted by Gasteiger charge is 2.17. The van der Waals surface area contributed by atoms with Crippen molar-refractivity contribution in [3.63, 3.8) is 0 Å². The molecule has 0 saturated carbocycles. The second-order valence-corrected chi connectivity index (χ2v) is 5.33. The number of hydrogen-bond acceptors (Lipinski definition) is 2. The van der Waals surface area contributed by atoms with Crippen LogP contribution in [0.4, 0.5) is 4.39 Å². The maximum Gasteiger partial charge on any atom is 0.127 e. The van der Waals surface area contributed by atoms with Crippen molar-refractivity contribution in [2.45, 2.75) is 32.7 Å². The molecular formula is C16H19ClFNO. The molecule has 0 amide bonds. The summed E-state index contributed by atoms with van der Waals surface area (Å²) in [5.74, 6) is 1.43. The summed E-state index contributed by atoms with van der Waals surface area (Å²) in [6, 6.07) is 8.63. The van der Waals surface area contributed by atoms with Crippen molar-refractivity contribution in [3.8, 4) is 0 Å². The lowest BCUT2D eigenvalue weighted by molar-refractivity contribution is 0.395. The highest BCUT2D eigenvalue weighted by molar-refractivity contribution is 6.30. The smallest absolute Gasteiger partial charge is 0.127 e. The molecule has 2 nitrogen and oxygen atoms in total. The normalized spacial score (nSPS) is 12.6. The zero-order chi connectivity index (χ0) is 14.5. The van der Waals surface area contributed by atoms with Gasteiger partial charge in [-0.25, -0.2) is 4.39 Å². The first kappa shape index (κ1) is 15.1. The van der Waals surface area contributed by atoms with E-state index in [0.29, 0.717) is 17.0 Å². The van der Waals surface area contributed by atoms with E-state index < -0.39 is 0 Å². The first-order chi connectivity index (χ1) is 9.60. The average molecular weight is 296 g/mol. The van der Waals surface area contributed by atoms with Crippen molar-refractivity contribution in [2.24, 2.45) is 0 Å². The molecule has 1 unspecified atom stereocenters. The summed E-state index contributed by atoms with van der Waals surface area (Å²) >= 11 is 5.78. The van der Waals surface area contributed by atoms with Crippen LogP contribution in [0, 0.1) is 12.7 Å². The predicted octanol–water partition coefficient (Wildman–Crippen LogP) is 4.66. The third-order valence-corrected chi connectivity index (χ3v) is 3.42. The maximum absolute atomic E-state index is 13.9. The van der Waals surface area contributed by atoms with Gasteiger partial charge in [-0.3, -0.25) is 0 Å². The van der Waals surface area contributed by atoms with Crippen molar-refractivity contribution in [1.82, 2.24) is 5.32 Å². The zero-order valence-electron chi connectivity index (χ0n) is 11.7. The standard InChI is InChI=1S/C16H19ClFNO/c1-3-8-19-15(16-7-4-11(2)20-16)9-12-5-6-13(17)10-14(12)18/h4-7,10,15,19H,3,8-9H2,1-2H3. The molecular weight excluding hydrogens is 277 g/mol. The number of halogens is 2. The molecule has 108 valence electrons. The van der Waals surface area contributed by atoms with Crippen LogP contribution in [0.5, 0.6) is 0 Å². The molecule has 0 saturated heterocycles. The SMILES string of the molecule is CCCNC(Cc1ccc(Cl)cc1F)c1ccc(C)o1. The fourth-order valence-corrected chi connectivity index (χ4v) is 2.30. The molecule has 0 fully saturated rings. The Morgan fingerprint density at radius 1 is 1.30 bits per heavy atom. The van der Waals surface area contributed by atoms with Crippen LogP contribution < -0.4 is 5.32 Å². The topological polar surface area (TPSA) is 25.2 Å². The molecule has 0 radical (unpaired) electrons. The number of benzene rings is 1. The fraction of sp³-hybridized carbons (Fsp3) is 0.375. The van der Waals surface area contributed by atoms with E-state index in [1.165, 1.54) is 6.07 Å². The molecule has 2 rings (SSSR count). The maximum atomic E-state index is 13.9. The van der Waals surface area contributed by atoms with Crippen LogP contribution in [0.1, 0.15) is 36.5 Å². The van der Waals surface area contributed by atoms with Gasteiger partial charge in [-0.1, -0.05) is 24.6 Å². The van der Waals surface area contributed by atoms with Crippen molar-refractivity contribution >= 4 is 11.6 Å². The Morgan fingerprint density at radius 3 is 2.70 bits per heavy atom. The first-order valence-electron chi connectivity index (χ1n) is 6.83. The van der Waals surface area contributed by atoms with Gasteiger partial charge in [0.05, 0.1) is 6.04 Å². The Labute approximate surface area is 123 Å². The molecule has 0 spiro atoms. The monoisotopic (exact) mass is 295 g/mol. The minimum absolute atomic E-state index is 0.0284. The Balaban J connectivity index is 2.18.